The highest BCUT2D eigenvalue weighted by Gasteiger charge is 2.63. The molecule has 0 saturated carbocycles. The molecule has 0 aliphatic carbocycles. The Labute approximate surface area is 167 Å². The van der Waals surface area contributed by atoms with Crippen LogP contribution in [0.1, 0.15) is 18.0 Å². The Hall–Kier alpha value is -1.92. The molecule has 2 aromatic rings. The number of carbonyl (C=O) groups is 2. The van der Waals surface area contributed by atoms with Crippen LogP contribution in [0, 0.1) is 5.92 Å². The van der Waals surface area contributed by atoms with Gasteiger partial charge in [0.15, 0.2) is 0 Å². The lowest BCUT2D eigenvalue weighted by molar-refractivity contribution is -0.126. The van der Waals surface area contributed by atoms with Gasteiger partial charge in [-0.25, -0.2) is 14.9 Å². The molecule has 0 unspecified atom stereocenters. The van der Waals surface area contributed by atoms with Crippen molar-refractivity contribution < 1.29 is 9.59 Å². The fourth-order valence-electron chi connectivity index (χ4n) is 4.66. The van der Waals surface area contributed by atoms with Crippen LogP contribution in [-0.2, 0) is 9.59 Å². The van der Waals surface area contributed by atoms with Gasteiger partial charge in [0, 0.05) is 23.1 Å². The molecule has 138 valence electrons. The summed E-state index contributed by atoms with van der Waals surface area (Å²) in [6.45, 7) is 1.58. The van der Waals surface area contributed by atoms with Crippen molar-refractivity contribution in [1.29, 1.82) is 0 Å². The number of halogens is 2. The molecule has 0 N–H and O–H groups in total. The van der Waals surface area contributed by atoms with Gasteiger partial charge in [0.25, 0.3) is 5.91 Å². The van der Waals surface area contributed by atoms with Crippen LogP contribution < -0.4 is 4.90 Å². The molecule has 3 aliphatic heterocycles. The number of imide groups is 1. The summed E-state index contributed by atoms with van der Waals surface area (Å²) in [5.74, 6) is -0.797. The van der Waals surface area contributed by atoms with Crippen molar-refractivity contribution in [2.45, 2.75) is 18.5 Å². The van der Waals surface area contributed by atoms with Gasteiger partial charge in [-0.1, -0.05) is 47.5 Å². The summed E-state index contributed by atoms with van der Waals surface area (Å²) in [6.07, 6.45) is 0.956. The number of fused-ring (bicyclic) bond motifs is 3. The molecule has 3 atom stereocenters. The van der Waals surface area contributed by atoms with Crippen molar-refractivity contribution in [2.75, 3.05) is 18.0 Å². The van der Waals surface area contributed by atoms with Crippen LogP contribution in [0.4, 0.5) is 5.69 Å². The Morgan fingerprint density at radius 3 is 2.26 bits per heavy atom. The Morgan fingerprint density at radius 2 is 1.56 bits per heavy atom. The molecule has 0 aromatic heterocycles. The maximum absolute atomic E-state index is 13.4. The topological polar surface area (TPSA) is 43.9 Å². The molecule has 3 aliphatic rings. The summed E-state index contributed by atoms with van der Waals surface area (Å²) in [5, 5.41) is 5.28. The third-order valence-electron chi connectivity index (χ3n) is 5.70. The van der Waals surface area contributed by atoms with Gasteiger partial charge >= 0.3 is 0 Å². The lowest BCUT2D eigenvalue weighted by Gasteiger charge is -2.30. The van der Waals surface area contributed by atoms with E-state index in [0.717, 1.165) is 25.1 Å². The normalized spacial score (nSPS) is 28.1. The molecular formula is C20H17Cl2N3O2. The van der Waals surface area contributed by atoms with Crippen molar-refractivity contribution in [2.24, 2.45) is 5.92 Å². The summed E-state index contributed by atoms with van der Waals surface area (Å²) in [4.78, 5) is 27.9. The highest BCUT2D eigenvalue weighted by Crippen LogP contribution is 2.50. The Bertz CT molecular complexity index is 936. The van der Waals surface area contributed by atoms with E-state index < -0.39 is 12.0 Å². The first kappa shape index (κ1) is 17.2. The van der Waals surface area contributed by atoms with Crippen LogP contribution in [0.5, 0.6) is 0 Å². The monoisotopic (exact) mass is 401 g/mol. The van der Waals surface area contributed by atoms with Crippen LogP contribution in [0.3, 0.4) is 0 Å². The standard InChI is InChI=1S/C20H17Cl2N3O2/c21-12-7-8-14(15(22)11-12)17-16-18(24-10-4-9-23(17)24)20(27)25(19(16)26)13-5-2-1-3-6-13/h1-3,5-8,11,16-18H,4,9-10H2/t16-,17+,18+/m1/s1. The fourth-order valence-corrected chi connectivity index (χ4v) is 5.18. The van der Waals surface area contributed by atoms with Gasteiger partial charge in [0.05, 0.1) is 17.6 Å². The molecule has 27 heavy (non-hydrogen) atoms. The number of hydrazine groups is 1. The summed E-state index contributed by atoms with van der Waals surface area (Å²) in [6, 6.07) is 13.7. The summed E-state index contributed by atoms with van der Waals surface area (Å²) >= 11 is 12.6. The number of para-hydroxylation sites is 1. The summed E-state index contributed by atoms with van der Waals surface area (Å²) in [7, 11) is 0. The zero-order valence-corrected chi connectivity index (χ0v) is 15.9. The van der Waals surface area contributed by atoms with Crippen LogP contribution in [0.15, 0.2) is 48.5 Å². The predicted molar refractivity (Wildman–Crippen MR) is 103 cm³/mol. The number of hydrogen-bond acceptors (Lipinski definition) is 4. The molecule has 3 fully saturated rings. The minimum Gasteiger partial charge on any atom is -0.274 e. The minimum absolute atomic E-state index is 0.157. The minimum atomic E-state index is -0.475. The van der Waals surface area contributed by atoms with E-state index in [1.807, 2.05) is 24.3 Å². The van der Waals surface area contributed by atoms with Gasteiger partial charge in [-0.3, -0.25) is 9.59 Å². The lowest BCUT2D eigenvalue weighted by atomic mass is 9.90. The largest absolute Gasteiger partial charge is 0.274 e. The molecule has 2 aromatic carbocycles. The van der Waals surface area contributed by atoms with Crippen LogP contribution in [-0.4, -0.2) is 41.0 Å². The van der Waals surface area contributed by atoms with Gasteiger partial charge in [-0.2, -0.15) is 0 Å². The van der Waals surface area contributed by atoms with Crippen molar-refractivity contribution in [3.63, 3.8) is 0 Å². The van der Waals surface area contributed by atoms with E-state index in [-0.39, 0.29) is 17.9 Å². The summed E-state index contributed by atoms with van der Waals surface area (Å²) in [5.41, 5.74) is 1.46. The zero-order valence-electron chi connectivity index (χ0n) is 14.4. The molecule has 3 saturated heterocycles. The van der Waals surface area contributed by atoms with Gasteiger partial charge in [-0.15, -0.1) is 0 Å². The molecule has 0 spiro atoms. The molecule has 0 bridgehead atoms. The fraction of sp³-hybridized carbons (Fsp3) is 0.300. The molecule has 3 heterocycles. The third-order valence-corrected chi connectivity index (χ3v) is 6.26. The van der Waals surface area contributed by atoms with E-state index in [2.05, 4.69) is 10.0 Å². The Kier molecular flexibility index (Phi) is 4.02. The van der Waals surface area contributed by atoms with Crippen molar-refractivity contribution >= 4 is 40.7 Å². The highest BCUT2D eigenvalue weighted by atomic mass is 35.5. The average Bonchev–Trinajstić information content (AvgIpc) is 3.29. The number of anilines is 1. The first-order chi connectivity index (χ1) is 13.1. The van der Waals surface area contributed by atoms with Crippen molar-refractivity contribution in [3.05, 3.63) is 64.1 Å². The number of carbonyl (C=O) groups excluding carboxylic acids is 2. The average molecular weight is 402 g/mol. The molecule has 2 amide bonds. The quantitative estimate of drug-likeness (QED) is 0.721. The van der Waals surface area contributed by atoms with Crippen molar-refractivity contribution in [1.82, 2.24) is 10.0 Å². The number of amides is 2. The second kappa shape index (κ2) is 6.31. The molecule has 5 nitrogen and oxygen atoms in total. The molecule has 7 heteroatoms. The number of rotatable bonds is 2. The van der Waals surface area contributed by atoms with Crippen molar-refractivity contribution in [3.8, 4) is 0 Å². The molecular weight excluding hydrogens is 385 g/mol. The number of benzene rings is 2. The Balaban J connectivity index is 1.61. The van der Waals surface area contributed by atoms with E-state index in [0.29, 0.717) is 15.7 Å². The van der Waals surface area contributed by atoms with Crippen LogP contribution in [0.25, 0.3) is 0 Å². The third kappa shape index (κ3) is 2.46. The first-order valence-corrected chi connectivity index (χ1v) is 9.74. The number of nitrogens with zero attached hydrogens (tertiary/aromatic N) is 3. The van der Waals surface area contributed by atoms with Gasteiger partial charge in [-0.05, 0) is 36.2 Å². The van der Waals surface area contributed by atoms with E-state index in [4.69, 9.17) is 23.2 Å². The van der Waals surface area contributed by atoms with Crippen LogP contribution >= 0.6 is 23.2 Å². The highest BCUT2D eigenvalue weighted by molar-refractivity contribution is 6.35. The van der Waals surface area contributed by atoms with E-state index in [1.54, 1.807) is 24.3 Å². The zero-order chi connectivity index (χ0) is 18.7. The van der Waals surface area contributed by atoms with Gasteiger partial charge in [0.2, 0.25) is 5.91 Å². The van der Waals surface area contributed by atoms with E-state index in [9.17, 15) is 9.59 Å². The SMILES string of the molecule is O=C1[C@H]2[C@@H](C(=O)N1c1ccccc1)N1CCCN1[C@H]2c1ccc(Cl)cc1Cl. The van der Waals surface area contributed by atoms with Gasteiger partial charge in [0.1, 0.15) is 6.04 Å². The Morgan fingerprint density at radius 1 is 0.852 bits per heavy atom. The van der Waals surface area contributed by atoms with Gasteiger partial charge < -0.3 is 0 Å². The van der Waals surface area contributed by atoms with Crippen LogP contribution in [0.2, 0.25) is 10.0 Å². The second-order valence-corrected chi connectivity index (χ2v) is 7.95. The smallest absolute Gasteiger partial charge is 0.253 e. The maximum atomic E-state index is 13.4. The lowest BCUT2D eigenvalue weighted by Crippen LogP contribution is -2.44. The second-order valence-electron chi connectivity index (χ2n) is 7.11. The maximum Gasteiger partial charge on any atom is 0.253 e. The van der Waals surface area contributed by atoms with E-state index in [1.165, 1.54) is 4.90 Å². The molecule has 0 radical (unpaired) electrons. The first-order valence-electron chi connectivity index (χ1n) is 8.99. The van der Waals surface area contributed by atoms with E-state index >= 15 is 0 Å². The number of hydrogen-bond donors (Lipinski definition) is 0. The predicted octanol–water partition coefficient (Wildman–Crippen LogP) is 3.53. The molecule has 5 rings (SSSR count). The summed E-state index contributed by atoms with van der Waals surface area (Å²) < 4.78 is 0.